The molecule has 0 aromatic heterocycles. The maximum Gasteiger partial charge on any atom is 0.271 e. The van der Waals surface area contributed by atoms with Gasteiger partial charge in [-0.05, 0) is 70.0 Å². The van der Waals surface area contributed by atoms with Crippen molar-refractivity contribution in [2.75, 3.05) is 30.3 Å². The number of hydrazone groups is 1. The number of carbonyl (C=O) groups is 1. The zero-order valence-electron chi connectivity index (χ0n) is 17.9. The molecular weight excluding hydrogens is 492 g/mol. The third-order valence-corrected chi connectivity index (χ3v) is 7.16. The minimum atomic E-state index is -3.68. The van der Waals surface area contributed by atoms with E-state index in [1.165, 1.54) is 23.5 Å². The zero-order chi connectivity index (χ0) is 23.3. The predicted octanol–water partition coefficient (Wildman–Crippen LogP) is 4.10. The lowest BCUT2D eigenvalue weighted by Gasteiger charge is -2.19. The Balaban J connectivity index is 1.66. The molecule has 0 aliphatic carbocycles. The van der Waals surface area contributed by atoms with Gasteiger partial charge in [0.15, 0.2) is 0 Å². The highest BCUT2D eigenvalue weighted by Gasteiger charge is 2.21. The van der Waals surface area contributed by atoms with Gasteiger partial charge in [-0.25, -0.2) is 13.8 Å². The van der Waals surface area contributed by atoms with Gasteiger partial charge in [-0.15, -0.1) is 0 Å². The second-order valence-electron chi connectivity index (χ2n) is 7.14. The van der Waals surface area contributed by atoms with Crippen molar-refractivity contribution in [2.24, 2.45) is 5.10 Å². The standard InChI is InChI=1S/C23H23BrN4O3S/c1-27(2)22-14-9-17(15-21(22)24)16-25-26-23(29)18-10-12-19(13-11-18)28(3)32(30,31)20-7-5-4-6-8-20/h4-16H,1-3H3,(H,26,29)/b25-16-. The monoisotopic (exact) mass is 514 g/mol. The molecule has 0 saturated carbocycles. The van der Waals surface area contributed by atoms with E-state index in [9.17, 15) is 13.2 Å². The highest BCUT2D eigenvalue weighted by atomic mass is 79.9. The van der Waals surface area contributed by atoms with Crippen molar-refractivity contribution in [1.29, 1.82) is 0 Å². The van der Waals surface area contributed by atoms with Crippen LogP contribution in [0.1, 0.15) is 15.9 Å². The lowest BCUT2D eigenvalue weighted by atomic mass is 10.2. The van der Waals surface area contributed by atoms with Crippen LogP contribution in [0, 0.1) is 0 Å². The number of rotatable bonds is 7. The van der Waals surface area contributed by atoms with Gasteiger partial charge in [0.2, 0.25) is 0 Å². The average molecular weight is 515 g/mol. The van der Waals surface area contributed by atoms with Gasteiger partial charge in [-0.1, -0.05) is 24.3 Å². The minimum absolute atomic E-state index is 0.198. The molecule has 0 fully saturated rings. The van der Waals surface area contributed by atoms with Gasteiger partial charge >= 0.3 is 0 Å². The molecule has 3 aromatic rings. The van der Waals surface area contributed by atoms with Crippen molar-refractivity contribution < 1.29 is 13.2 Å². The molecule has 0 saturated heterocycles. The van der Waals surface area contributed by atoms with Crippen LogP contribution in [0.15, 0.2) is 87.3 Å². The maximum absolute atomic E-state index is 12.7. The van der Waals surface area contributed by atoms with Crippen molar-refractivity contribution >= 4 is 49.4 Å². The molecule has 1 N–H and O–H groups in total. The number of anilines is 2. The molecule has 1 amide bonds. The summed E-state index contributed by atoms with van der Waals surface area (Å²) in [6.45, 7) is 0. The molecule has 0 spiro atoms. The molecule has 166 valence electrons. The zero-order valence-corrected chi connectivity index (χ0v) is 20.3. The van der Waals surface area contributed by atoms with Crippen molar-refractivity contribution in [1.82, 2.24) is 5.43 Å². The lowest BCUT2D eigenvalue weighted by Crippen LogP contribution is -2.26. The van der Waals surface area contributed by atoms with E-state index in [1.807, 2.05) is 37.2 Å². The highest BCUT2D eigenvalue weighted by Crippen LogP contribution is 2.25. The summed E-state index contributed by atoms with van der Waals surface area (Å²) in [6, 6.07) is 20.2. The molecule has 9 heteroatoms. The molecule has 0 aliphatic heterocycles. The Kier molecular flexibility index (Phi) is 7.32. The van der Waals surface area contributed by atoms with Gasteiger partial charge < -0.3 is 4.90 Å². The Morgan fingerprint density at radius 1 is 0.969 bits per heavy atom. The fourth-order valence-electron chi connectivity index (χ4n) is 2.91. The van der Waals surface area contributed by atoms with E-state index in [0.29, 0.717) is 11.3 Å². The Labute approximate surface area is 196 Å². The van der Waals surface area contributed by atoms with Crippen LogP contribution in [0.5, 0.6) is 0 Å². The lowest BCUT2D eigenvalue weighted by molar-refractivity contribution is 0.0955. The first kappa shape index (κ1) is 23.5. The first-order valence-corrected chi connectivity index (χ1v) is 11.9. The van der Waals surface area contributed by atoms with Gasteiger partial charge in [0, 0.05) is 31.2 Å². The molecule has 0 bridgehead atoms. The van der Waals surface area contributed by atoms with Crippen molar-refractivity contribution in [3.63, 3.8) is 0 Å². The highest BCUT2D eigenvalue weighted by molar-refractivity contribution is 9.10. The third kappa shape index (κ3) is 5.35. The molecule has 0 heterocycles. The Morgan fingerprint density at radius 3 is 2.22 bits per heavy atom. The first-order valence-electron chi connectivity index (χ1n) is 9.64. The summed E-state index contributed by atoms with van der Waals surface area (Å²) in [5.74, 6) is -0.398. The van der Waals surface area contributed by atoms with Gasteiger partial charge in [0.25, 0.3) is 15.9 Å². The number of amides is 1. The summed E-state index contributed by atoms with van der Waals surface area (Å²) in [7, 11) is 1.70. The fourth-order valence-corrected chi connectivity index (χ4v) is 4.88. The van der Waals surface area contributed by atoms with Crippen LogP contribution in [0.2, 0.25) is 0 Å². The topological polar surface area (TPSA) is 82.1 Å². The second kappa shape index (κ2) is 9.97. The molecule has 0 unspecified atom stereocenters. The van der Waals surface area contributed by atoms with Crippen LogP contribution in [0.3, 0.4) is 0 Å². The third-order valence-electron chi connectivity index (χ3n) is 4.73. The normalized spacial score (nSPS) is 11.4. The molecule has 0 radical (unpaired) electrons. The SMILES string of the molecule is CN(C)c1ccc(/C=N\NC(=O)c2ccc(N(C)S(=O)(=O)c3ccccc3)cc2)cc1Br. The summed E-state index contributed by atoms with van der Waals surface area (Å²) >= 11 is 3.51. The number of sulfonamides is 1. The van der Waals surface area contributed by atoms with E-state index >= 15 is 0 Å². The second-order valence-corrected chi connectivity index (χ2v) is 9.96. The molecule has 0 aliphatic rings. The van der Waals surface area contributed by atoms with Crippen molar-refractivity contribution in [3.05, 3.63) is 88.4 Å². The maximum atomic E-state index is 12.7. The van der Waals surface area contributed by atoms with E-state index in [0.717, 1.165) is 15.7 Å². The number of hydrogen-bond acceptors (Lipinski definition) is 5. The molecule has 7 nitrogen and oxygen atoms in total. The van der Waals surface area contributed by atoms with Crippen molar-refractivity contribution in [3.8, 4) is 0 Å². The summed E-state index contributed by atoms with van der Waals surface area (Å²) in [5, 5.41) is 4.00. The Hall–Kier alpha value is -3.17. The Bertz CT molecular complexity index is 1230. The summed E-state index contributed by atoms with van der Waals surface area (Å²) in [4.78, 5) is 14.6. The number of halogens is 1. The van der Waals surface area contributed by atoms with Crippen molar-refractivity contribution in [2.45, 2.75) is 4.90 Å². The first-order chi connectivity index (χ1) is 15.2. The smallest absolute Gasteiger partial charge is 0.271 e. The number of carbonyl (C=O) groups excluding carboxylic acids is 1. The van der Waals surface area contributed by atoms with E-state index < -0.39 is 15.9 Å². The van der Waals surface area contributed by atoms with Gasteiger partial charge in [0.1, 0.15) is 0 Å². The largest absolute Gasteiger partial charge is 0.377 e. The summed E-state index contributed by atoms with van der Waals surface area (Å²) in [5.41, 5.74) is 5.15. The van der Waals surface area contributed by atoms with E-state index in [-0.39, 0.29) is 4.90 Å². The van der Waals surface area contributed by atoms with Crippen LogP contribution in [-0.2, 0) is 10.0 Å². The van der Waals surface area contributed by atoms with Crippen LogP contribution < -0.4 is 14.6 Å². The molecule has 32 heavy (non-hydrogen) atoms. The number of benzene rings is 3. The predicted molar refractivity (Wildman–Crippen MR) is 132 cm³/mol. The number of nitrogens with zero attached hydrogens (tertiary/aromatic N) is 3. The van der Waals surface area contributed by atoms with Crippen LogP contribution in [-0.4, -0.2) is 41.7 Å². The minimum Gasteiger partial charge on any atom is -0.377 e. The molecular formula is C23H23BrN4O3S. The van der Waals surface area contributed by atoms with E-state index in [4.69, 9.17) is 0 Å². The average Bonchev–Trinajstić information content (AvgIpc) is 2.79. The van der Waals surface area contributed by atoms with Crippen LogP contribution in [0.25, 0.3) is 0 Å². The molecule has 0 atom stereocenters. The van der Waals surface area contributed by atoms with Crippen LogP contribution in [0.4, 0.5) is 11.4 Å². The quantitative estimate of drug-likeness (QED) is 0.380. The van der Waals surface area contributed by atoms with E-state index in [2.05, 4.69) is 26.5 Å². The Morgan fingerprint density at radius 2 is 1.62 bits per heavy atom. The summed E-state index contributed by atoms with van der Waals surface area (Å²) in [6.07, 6.45) is 1.55. The number of nitrogens with one attached hydrogen (secondary N) is 1. The van der Waals surface area contributed by atoms with Gasteiger partial charge in [0.05, 0.1) is 22.5 Å². The van der Waals surface area contributed by atoms with Crippen LogP contribution >= 0.6 is 15.9 Å². The van der Waals surface area contributed by atoms with Gasteiger partial charge in [-0.3, -0.25) is 9.10 Å². The summed E-state index contributed by atoms with van der Waals surface area (Å²) < 4.78 is 27.6. The molecule has 3 aromatic carbocycles. The van der Waals surface area contributed by atoms with E-state index in [1.54, 1.807) is 48.7 Å². The fraction of sp³-hybridized carbons (Fsp3) is 0.130. The molecule has 3 rings (SSSR count). The number of hydrogen-bond donors (Lipinski definition) is 1. The van der Waals surface area contributed by atoms with Gasteiger partial charge in [-0.2, -0.15) is 5.10 Å².